The second-order valence-corrected chi connectivity index (χ2v) is 4.73. The van der Waals surface area contributed by atoms with Crippen molar-refractivity contribution in [2.45, 2.75) is 26.2 Å². The third-order valence-electron chi connectivity index (χ3n) is 3.22. The molecule has 0 unspecified atom stereocenters. The molecule has 0 bridgehead atoms. The fraction of sp³-hybridized carbons (Fsp3) is 0.727. The van der Waals surface area contributed by atoms with Crippen LogP contribution < -0.4 is 5.32 Å². The highest BCUT2D eigenvalue weighted by Crippen LogP contribution is 2.25. The first-order chi connectivity index (χ1) is 7.18. The van der Waals surface area contributed by atoms with Gasteiger partial charge in [-0.1, -0.05) is 11.6 Å². The van der Waals surface area contributed by atoms with E-state index in [1.807, 2.05) is 14.0 Å². The van der Waals surface area contributed by atoms with Crippen LogP contribution in [0.2, 0.25) is 5.15 Å². The lowest BCUT2D eigenvalue weighted by Crippen LogP contribution is -2.28. The van der Waals surface area contributed by atoms with E-state index in [0.717, 1.165) is 36.3 Å². The lowest BCUT2D eigenvalue weighted by molar-refractivity contribution is 0.372. The number of aryl methyl sites for hydroxylation is 2. The highest BCUT2D eigenvalue weighted by molar-refractivity contribution is 6.30. The van der Waals surface area contributed by atoms with Crippen LogP contribution in [-0.2, 0) is 13.5 Å². The summed E-state index contributed by atoms with van der Waals surface area (Å²) in [5.41, 5.74) is 2.33. The quantitative estimate of drug-likeness (QED) is 0.837. The third-order valence-corrected chi connectivity index (χ3v) is 3.69. The van der Waals surface area contributed by atoms with Crippen LogP contribution in [0.3, 0.4) is 0 Å². The zero-order valence-electron chi connectivity index (χ0n) is 9.39. The molecule has 1 saturated heterocycles. The molecule has 1 aromatic rings. The van der Waals surface area contributed by atoms with Gasteiger partial charge in [-0.2, -0.15) is 5.10 Å². The third kappa shape index (κ3) is 2.34. The Hall–Kier alpha value is -0.540. The minimum Gasteiger partial charge on any atom is -0.317 e. The summed E-state index contributed by atoms with van der Waals surface area (Å²) in [4.78, 5) is 0. The molecular formula is C11H18ClN3. The number of nitrogens with zero attached hydrogens (tertiary/aromatic N) is 2. The van der Waals surface area contributed by atoms with Gasteiger partial charge in [0.25, 0.3) is 0 Å². The van der Waals surface area contributed by atoms with Crippen molar-refractivity contribution < 1.29 is 0 Å². The predicted octanol–water partition coefficient (Wildman–Crippen LogP) is 1.92. The van der Waals surface area contributed by atoms with Crippen molar-refractivity contribution in [2.75, 3.05) is 13.1 Å². The maximum atomic E-state index is 6.22. The lowest BCUT2D eigenvalue weighted by atomic mass is 9.91. The minimum absolute atomic E-state index is 0.770. The first-order valence-electron chi connectivity index (χ1n) is 5.57. The number of aromatic nitrogens is 2. The summed E-state index contributed by atoms with van der Waals surface area (Å²) < 4.78 is 1.77. The van der Waals surface area contributed by atoms with Gasteiger partial charge in [0, 0.05) is 12.6 Å². The van der Waals surface area contributed by atoms with E-state index < -0.39 is 0 Å². The smallest absolute Gasteiger partial charge is 0.130 e. The van der Waals surface area contributed by atoms with Crippen molar-refractivity contribution in [1.82, 2.24) is 15.1 Å². The van der Waals surface area contributed by atoms with E-state index in [9.17, 15) is 0 Å². The molecule has 0 radical (unpaired) electrons. The van der Waals surface area contributed by atoms with Crippen LogP contribution in [0.1, 0.15) is 24.1 Å². The molecule has 1 aliphatic heterocycles. The maximum absolute atomic E-state index is 6.22. The average Bonchev–Trinajstić information content (AvgIpc) is 2.47. The second-order valence-electron chi connectivity index (χ2n) is 4.38. The number of piperidine rings is 1. The van der Waals surface area contributed by atoms with E-state index in [2.05, 4.69) is 10.4 Å². The number of hydrogen-bond acceptors (Lipinski definition) is 2. The zero-order chi connectivity index (χ0) is 10.8. The molecule has 1 fully saturated rings. The van der Waals surface area contributed by atoms with Gasteiger partial charge >= 0.3 is 0 Å². The molecule has 3 nitrogen and oxygen atoms in total. The summed E-state index contributed by atoms with van der Waals surface area (Å²) in [7, 11) is 1.90. The second kappa shape index (κ2) is 4.54. The van der Waals surface area contributed by atoms with E-state index in [1.54, 1.807) is 4.68 Å². The van der Waals surface area contributed by atoms with Crippen molar-refractivity contribution in [3.8, 4) is 0 Å². The molecule has 0 atom stereocenters. The Bertz CT molecular complexity index is 340. The average molecular weight is 228 g/mol. The van der Waals surface area contributed by atoms with Gasteiger partial charge in [-0.15, -0.1) is 0 Å². The monoisotopic (exact) mass is 227 g/mol. The summed E-state index contributed by atoms with van der Waals surface area (Å²) in [6, 6.07) is 0. The maximum Gasteiger partial charge on any atom is 0.130 e. The Morgan fingerprint density at radius 3 is 2.67 bits per heavy atom. The number of halogens is 1. The van der Waals surface area contributed by atoms with Crippen LogP contribution >= 0.6 is 11.6 Å². The van der Waals surface area contributed by atoms with Crippen molar-refractivity contribution >= 4 is 11.6 Å². The van der Waals surface area contributed by atoms with Gasteiger partial charge in [0.1, 0.15) is 5.15 Å². The van der Waals surface area contributed by atoms with Crippen LogP contribution in [0, 0.1) is 12.8 Å². The van der Waals surface area contributed by atoms with E-state index >= 15 is 0 Å². The Morgan fingerprint density at radius 1 is 1.47 bits per heavy atom. The van der Waals surface area contributed by atoms with Gasteiger partial charge < -0.3 is 5.32 Å². The number of rotatable bonds is 2. The Labute approximate surface area is 95.8 Å². The fourth-order valence-corrected chi connectivity index (χ4v) is 2.53. The summed E-state index contributed by atoms with van der Waals surface area (Å²) >= 11 is 6.22. The topological polar surface area (TPSA) is 29.9 Å². The van der Waals surface area contributed by atoms with E-state index in [0.29, 0.717) is 0 Å². The van der Waals surface area contributed by atoms with Crippen molar-refractivity contribution in [3.05, 3.63) is 16.4 Å². The van der Waals surface area contributed by atoms with Crippen LogP contribution in [0.4, 0.5) is 0 Å². The molecule has 1 N–H and O–H groups in total. The van der Waals surface area contributed by atoms with E-state index in [4.69, 9.17) is 11.6 Å². The molecule has 1 aromatic heterocycles. The number of nitrogens with one attached hydrogen (secondary N) is 1. The van der Waals surface area contributed by atoms with Gasteiger partial charge in [0.2, 0.25) is 0 Å². The summed E-state index contributed by atoms with van der Waals surface area (Å²) in [6.45, 7) is 4.32. The van der Waals surface area contributed by atoms with Crippen molar-refractivity contribution in [3.63, 3.8) is 0 Å². The first kappa shape index (κ1) is 11.0. The van der Waals surface area contributed by atoms with Crippen LogP contribution in [0.5, 0.6) is 0 Å². The van der Waals surface area contributed by atoms with Crippen molar-refractivity contribution in [1.29, 1.82) is 0 Å². The van der Waals surface area contributed by atoms with Gasteiger partial charge in [0.05, 0.1) is 5.69 Å². The van der Waals surface area contributed by atoms with Crippen LogP contribution in [0.25, 0.3) is 0 Å². The summed E-state index contributed by atoms with van der Waals surface area (Å²) in [6.07, 6.45) is 3.59. The minimum atomic E-state index is 0.770. The molecule has 2 heterocycles. The van der Waals surface area contributed by atoms with Gasteiger partial charge in [-0.25, -0.2) is 0 Å². The molecular weight excluding hydrogens is 210 g/mol. The molecule has 4 heteroatoms. The Balaban J connectivity index is 2.09. The first-order valence-corrected chi connectivity index (χ1v) is 5.95. The highest BCUT2D eigenvalue weighted by atomic mass is 35.5. The summed E-state index contributed by atoms with van der Waals surface area (Å²) in [5.74, 6) is 0.770. The van der Waals surface area contributed by atoms with E-state index in [1.165, 1.54) is 18.4 Å². The SMILES string of the molecule is Cc1nn(C)c(Cl)c1CC1CCNCC1. The molecule has 0 amide bonds. The molecule has 0 spiro atoms. The fourth-order valence-electron chi connectivity index (χ4n) is 2.28. The van der Waals surface area contributed by atoms with Gasteiger partial charge in [0.15, 0.2) is 0 Å². The predicted molar refractivity (Wildman–Crippen MR) is 62.3 cm³/mol. The Morgan fingerprint density at radius 2 is 2.13 bits per heavy atom. The largest absolute Gasteiger partial charge is 0.317 e. The molecule has 0 aromatic carbocycles. The number of hydrogen-bond donors (Lipinski definition) is 1. The molecule has 1 aliphatic rings. The van der Waals surface area contributed by atoms with E-state index in [-0.39, 0.29) is 0 Å². The normalized spacial score (nSPS) is 18.3. The van der Waals surface area contributed by atoms with Gasteiger partial charge in [-0.05, 0) is 45.2 Å². The van der Waals surface area contributed by atoms with Gasteiger partial charge in [-0.3, -0.25) is 4.68 Å². The molecule has 84 valence electrons. The van der Waals surface area contributed by atoms with Crippen LogP contribution in [0.15, 0.2) is 0 Å². The lowest BCUT2D eigenvalue weighted by Gasteiger charge is -2.22. The molecule has 0 aliphatic carbocycles. The van der Waals surface area contributed by atoms with Crippen molar-refractivity contribution in [2.24, 2.45) is 13.0 Å². The molecule has 2 rings (SSSR count). The standard InChI is InChI=1S/C11H18ClN3/c1-8-10(11(12)15(2)14-8)7-9-3-5-13-6-4-9/h9,13H,3-7H2,1-2H3. The Kier molecular flexibility index (Phi) is 3.32. The highest BCUT2D eigenvalue weighted by Gasteiger charge is 2.18. The summed E-state index contributed by atoms with van der Waals surface area (Å²) in [5, 5.41) is 8.54. The van der Waals surface area contributed by atoms with Crippen LogP contribution in [-0.4, -0.2) is 22.9 Å². The molecule has 15 heavy (non-hydrogen) atoms. The molecule has 0 saturated carbocycles. The zero-order valence-corrected chi connectivity index (χ0v) is 10.1.